The van der Waals surface area contributed by atoms with E-state index in [0.29, 0.717) is 17.2 Å². The molecule has 16 heavy (non-hydrogen) atoms. The Morgan fingerprint density at radius 2 is 1.94 bits per heavy atom. The van der Waals surface area contributed by atoms with Crippen LogP contribution in [0.3, 0.4) is 0 Å². The Bertz CT molecular complexity index is 369. The number of nitrogens with two attached hydrogens (primary N) is 1. The summed E-state index contributed by atoms with van der Waals surface area (Å²) in [6.07, 6.45) is 0. The lowest BCUT2D eigenvalue weighted by Crippen LogP contribution is -2.10. The summed E-state index contributed by atoms with van der Waals surface area (Å²) in [5, 5.41) is 0.398. The molecule has 6 heteroatoms. The fourth-order valence-corrected chi connectivity index (χ4v) is 1.11. The zero-order chi connectivity index (χ0) is 12.6. The number of hydrogen-bond donors (Lipinski definition) is 1. The number of benzene rings is 1. The highest BCUT2D eigenvalue weighted by molar-refractivity contribution is 6.61. The summed E-state index contributed by atoms with van der Waals surface area (Å²) in [6.45, 7) is 2.04. The lowest BCUT2D eigenvalue weighted by molar-refractivity contribution is 0.100. The first-order valence-corrected chi connectivity index (χ1v) is 5.11. The van der Waals surface area contributed by atoms with Gasteiger partial charge in [-0.3, -0.25) is 4.79 Å². The number of carbonyl (C=O) groups is 2. The van der Waals surface area contributed by atoms with Gasteiger partial charge in [-0.1, -0.05) is 23.7 Å². The number of carbonyl (C=O) groups excluding carboxylic acids is 2. The average Bonchev–Trinajstić information content (AvgIpc) is 2.18. The van der Waals surface area contributed by atoms with Crippen molar-refractivity contribution in [2.24, 2.45) is 5.73 Å². The fraction of sp³-hybridized carbons (Fsp3) is 0.200. The summed E-state index contributed by atoms with van der Waals surface area (Å²) < 4.78 is 4.17. The molecule has 1 amide bonds. The Kier molecular flexibility index (Phi) is 7.33. The van der Waals surface area contributed by atoms with Gasteiger partial charge in [0.25, 0.3) is 0 Å². The molecule has 0 fully saturated rings. The van der Waals surface area contributed by atoms with Crippen LogP contribution in [-0.4, -0.2) is 17.9 Å². The van der Waals surface area contributed by atoms with Crippen LogP contribution in [0.25, 0.3) is 0 Å². The molecule has 1 aromatic rings. The second-order valence-electron chi connectivity index (χ2n) is 2.51. The van der Waals surface area contributed by atoms with Crippen LogP contribution in [0.4, 0.5) is 4.79 Å². The van der Waals surface area contributed by atoms with Gasteiger partial charge in [-0.15, -0.1) is 0 Å². The SMILES string of the molecule is CCOC(=O)Cl.NC(=O)c1ccccc1Cl. The highest BCUT2D eigenvalue weighted by atomic mass is 35.5. The minimum atomic E-state index is -0.738. The first-order valence-electron chi connectivity index (χ1n) is 4.35. The second-order valence-corrected chi connectivity index (χ2v) is 3.23. The van der Waals surface area contributed by atoms with Gasteiger partial charge in [0.2, 0.25) is 5.91 Å². The molecule has 2 N–H and O–H groups in total. The van der Waals surface area contributed by atoms with Crippen molar-refractivity contribution in [3.63, 3.8) is 0 Å². The van der Waals surface area contributed by atoms with E-state index in [0.717, 1.165) is 0 Å². The Morgan fingerprint density at radius 1 is 1.38 bits per heavy atom. The third kappa shape index (κ3) is 6.27. The molecule has 0 aliphatic carbocycles. The van der Waals surface area contributed by atoms with Crippen LogP contribution in [0.1, 0.15) is 17.3 Å². The number of primary amides is 1. The van der Waals surface area contributed by atoms with E-state index >= 15 is 0 Å². The molecule has 0 aromatic heterocycles. The van der Waals surface area contributed by atoms with Gasteiger partial charge in [0.05, 0.1) is 17.2 Å². The maximum atomic E-state index is 10.6. The van der Waals surface area contributed by atoms with Gasteiger partial charge in [0, 0.05) is 11.6 Å². The topological polar surface area (TPSA) is 69.4 Å². The molecule has 0 aliphatic rings. The fourth-order valence-electron chi connectivity index (χ4n) is 0.775. The van der Waals surface area contributed by atoms with Crippen LogP contribution < -0.4 is 5.73 Å². The molecule has 0 bridgehead atoms. The van der Waals surface area contributed by atoms with E-state index in [1.807, 2.05) is 0 Å². The van der Waals surface area contributed by atoms with Crippen LogP contribution in [0.15, 0.2) is 24.3 Å². The molecule has 0 radical (unpaired) electrons. The van der Waals surface area contributed by atoms with Crippen molar-refractivity contribution in [3.05, 3.63) is 34.9 Å². The van der Waals surface area contributed by atoms with E-state index in [1.54, 1.807) is 31.2 Å². The molecule has 1 rings (SSSR count). The molecular formula is C10H11Cl2NO3. The van der Waals surface area contributed by atoms with Crippen LogP contribution in [0.2, 0.25) is 5.02 Å². The van der Waals surface area contributed by atoms with E-state index in [2.05, 4.69) is 4.74 Å². The standard InChI is InChI=1S/C7H6ClNO.C3H5ClO2/c8-6-4-2-1-3-5(6)7(9)10;1-2-6-3(4)5/h1-4H,(H2,9,10);2H2,1H3. The lowest BCUT2D eigenvalue weighted by atomic mass is 10.2. The minimum Gasteiger partial charge on any atom is -0.454 e. The number of amides is 1. The molecule has 0 heterocycles. The number of halogens is 2. The summed E-state index contributed by atoms with van der Waals surface area (Å²) in [5.41, 5.74) is 4.62. The number of ether oxygens (including phenoxy) is 1. The quantitative estimate of drug-likeness (QED) is 0.835. The third-order valence-electron chi connectivity index (χ3n) is 1.40. The molecule has 1 aromatic carbocycles. The van der Waals surface area contributed by atoms with Gasteiger partial charge in [-0.25, -0.2) is 4.79 Å². The Hall–Kier alpha value is -1.26. The van der Waals surface area contributed by atoms with Gasteiger partial charge in [0.1, 0.15) is 0 Å². The van der Waals surface area contributed by atoms with Crippen LogP contribution in [0, 0.1) is 0 Å². The van der Waals surface area contributed by atoms with Crippen molar-refractivity contribution < 1.29 is 14.3 Å². The Labute approximate surface area is 103 Å². The largest absolute Gasteiger partial charge is 0.454 e. The van der Waals surface area contributed by atoms with E-state index in [-0.39, 0.29) is 0 Å². The number of rotatable bonds is 2. The normalized spacial score (nSPS) is 8.69. The third-order valence-corrected chi connectivity index (χ3v) is 1.84. The first kappa shape index (κ1) is 14.7. The predicted octanol–water partition coefficient (Wildman–Crippen LogP) is 2.82. The zero-order valence-corrected chi connectivity index (χ0v) is 10.1. The Morgan fingerprint density at radius 3 is 2.19 bits per heavy atom. The predicted molar refractivity (Wildman–Crippen MR) is 62.8 cm³/mol. The van der Waals surface area contributed by atoms with E-state index in [9.17, 15) is 9.59 Å². The maximum Gasteiger partial charge on any atom is 0.403 e. The molecule has 4 nitrogen and oxygen atoms in total. The first-order chi connectivity index (χ1) is 7.49. The highest BCUT2D eigenvalue weighted by Crippen LogP contribution is 2.13. The summed E-state index contributed by atoms with van der Waals surface area (Å²) in [5.74, 6) is -0.495. The van der Waals surface area contributed by atoms with Crippen molar-refractivity contribution in [1.29, 1.82) is 0 Å². The smallest absolute Gasteiger partial charge is 0.403 e. The maximum absolute atomic E-state index is 10.6. The van der Waals surface area contributed by atoms with Crippen molar-refractivity contribution in [2.45, 2.75) is 6.92 Å². The van der Waals surface area contributed by atoms with Crippen molar-refractivity contribution in [2.75, 3.05) is 6.61 Å². The molecular weight excluding hydrogens is 253 g/mol. The van der Waals surface area contributed by atoms with E-state index in [4.69, 9.17) is 28.9 Å². The highest BCUT2D eigenvalue weighted by Gasteiger charge is 2.02. The van der Waals surface area contributed by atoms with Crippen molar-refractivity contribution in [1.82, 2.24) is 0 Å². The van der Waals surface area contributed by atoms with Crippen LogP contribution in [0.5, 0.6) is 0 Å². The monoisotopic (exact) mass is 263 g/mol. The van der Waals surface area contributed by atoms with E-state index in [1.165, 1.54) is 0 Å². The van der Waals surface area contributed by atoms with Crippen molar-refractivity contribution in [3.8, 4) is 0 Å². The van der Waals surface area contributed by atoms with E-state index < -0.39 is 11.3 Å². The molecule has 0 saturated heterocycles. The van der Waals surface area contributed by atoms with Gasteiger partial charge in [-0.05, 0) is 19.1 Å². The summed E-state index contributed by atoms with van der Waals surface area (Å²) in [7, 11) is 0. The molecule has 0 atom stereocenters. The Balaban J connectivity index is 0.000000325. The molecule has 0 aliphatic heterocycles. The second kappa shape index (κ2) is 7.96. The van der Waals surface area contributed by atoms with Gasteiger partial charge >= 0.3 is 5.43 Å². The molecule has 0 saturated carbocycles. The average molecular weight is 264 g/mol. The summed E-state index contributed by atoms with van der Waals surface area (Å²) in [4.78, 5) is 20.1. The van der Waals surface area contributed by atoms with Gasteiger partial charge in [-0.2, -0.15) is 0 Å². The van der Waals surface area contributed by atoms with Crippen LogP contribution >= 0.6 is 23.2 Å². The number of hydrogen-bond acceptors (Lipinski definition) is 3. The molecule has 88 valence electrons. The van der Waals surface area contributed by atoms with Crippen molar-refractivity contribution >= 4 is 34.5 Å². The molecule has 0 spiro atoms. The zero-order valence-electron chi connectivity index (χ0n) is 8.57. The summed E-state index contributed by atoms with van der Waals surface area (Å²) in [6, 6.07) is 6.67. The minimum absolute atomic E-state index is 0.350. The van der Waals surface area contributed by atoms with Gasteiger partial charge in [0.15, 0.2) is 0 Å². The summed E-state index contributed by atoms with van der Waals surface area (Å²) >= 11 is 10.3. The van der Waals surface area contributed by atoms with Crippen LogP contribution in [-0.2, 0) is 4.74 Å². The molecule has 0 unspecified atom stereocenters. The lowest BCUT2D eigenvalue weighted by Gasteiger charge is -1.95. The van der Waals surface area contributed by atoms with Gasteiger partial charge < -0.3 is 10.5 Å².